The molecule has 0 spiro atoms. The predicted molar refractivity (Wildman–Crippen MR) is 144 cm³/mol. The van der Waals surface area contributed by atoms with Gasteiger partial charge in [-0.2, -0.15) is 0 Å². The van der Waals surface area contributed by atoms with Crippen LogP contribution in [0.25, 0.3) is 16.6 Å². The number of nitrogens with one attached hydrogen (secondary N) is 2. The lowest BCUT2D eigenvalue weighted by molar-refractivity contribution is 0.726. The number of nitrogens with two attached hydrogens (primary N) is 2. The third-order valence-electron chi connectivity index (χ3n) is 6.40. The second kappa shape index (κ2) is 9.62. The minimum Gasteiger partial charge on any atom is -0.397 e. The van der Waals surface area contributed by atoms with Gasteiger partial charge in [0.25, 0.3) is 0 Å². The fourth-order valence-electron chi connectivity index (χ4n) is 4.34. The molecule has 1 aromatic carbocycles. The van der Waals surface area contributed by atoms with Gasteiger partial charge in [-0.3, -0.25) is 15.0 Å². The summed E-state index contributed by atoms with van der Waals surface area (Å²) in [7, 11) is 1.97. The van der Waals surface area contributed by atoms with E-state index in [1.165, 1.54) is 12.8 Å². The topological polar surface area (TPSA) is 119 Å². The molecule has 1 atom stereocenters. The van der Waals surface area contributed by atoms with Gasteiger partial charge < -0.3 is 26.7 Å². The number of nitrogens with zero attached hydrogens (tertiary/aromatic N) is 4. The molecular formula is C26H31ClN8. The molecule has 0 bridgehead atoms. The van der Waals surface area contributed by atoms with Crippen LogP contribution in [0.15, 0.2) is 58.3 Å². The van der Waals surface area contributed by atoms with Gasteiger partial charge in [-0.15, -0.1) is 0 Å². The highest BCUT2D eigenvalue weighted by molar-refractivity contribution is 6.31. The smallest absolute Gasteiger partial charge is 0.134 e. The Morgan fingerprint density at radius 1 is 1.29 bits per heavy atom. The Bertz CT molecular complexity index is 1350. The van der Waals surface area contributed by atoms with Crippen LogP contribution in [-0.4, -0.2) is 40.4 Å². The Morgan fingerprint density at radius 2 is 2.11 bits per heavy atom. The number of hydrogen-bond acceptors (Lipinski definition) is 6. The molecular weight excluding hydrogens is 460 g/mol. The molecule has 0 radical (unpaired) electrons. The van der Waals surface area contributed by atoms with Crippen LogP contribution in [0.4, 0.5) is 5.69 Å². The van der Waals surface area contributed by atoms with Gasteiger partial charge in [0.15, 0.2) is 0 Å². The maximum absolute atomic E-state index is 6.66. The van der Waals surface area contributed by atoms with Crippen molar-refractivity contribution in [2.45, 2.75) is 32.4 Å². The molecule has 9 heteroatoms. The number of halogens is 1. The number of hydrogen-bond donors (Lipinski definition) is 4. The van der Waals surface area contributed by atoms with Crippen molar-refractivity contribution < 1.29 is 0 Å². The second-order valence-electron chi connectivity index (χ2n) is 9.41. The van der Waals surface area contributed by atoms with E-state index in [0.29, 0.717) is 35.6 Å². The van der Waals surface area contributed by atoms with Crippen molar-refractivity contribution in [2.75, 3.05) is 18.8 Å². The highest BCUT2D eigenvalue weighted by Gasteiger charge is 2.26. The number of pyridine rings is 1. The van der Waals surface area contributed by atoms with E-state index >= 15 is 0 Å². The molecule has 3 heterocycles. The molecule has 6 N–H and O–H groups in total. The number of rotatable bonds is 8. The van der Waals surface area contributed by atoms with E-state index in [2.05, 4.69) is 22.5 Å². The van der Waals surface area contributed by atoms with Crippen LogP contribution in [0, 0.1) is 5.92 Å². The third kappa shape index (κ3) is 5.12. The van der Waals surface area contributed by atoms with Crippen LogP contribution in [0.2, 0.25) is 5.02 Å². The van der Waals surface area contributed by atoms with Gasteiger partial charge in [0.05, 0.1) is 34.7 Å². The van der Waals surface area contributed by atoms with Crippen molar-refractivity contribution in [3.8, 4) is 0 Å². The number of amidine groups is 2. The van der Waals surface area contributed by atoms with Gasteiger partial charge in [0, 0.05) is 49.0 Å². The summed E-state index contributed by atoms with van der Waals surface area (Å²) in [5.74, 6) is 1.85. The number of anilines is 1. The highest BCUT2D eigenvalue weighted by Crippen LogP contribution is 2.29. The van der Waals surface area contributed by atoms with Crippen molar-refractivity contribution >= 4 is 45.6 Å². The Morgan fingerprint density at radius 3 is 2.80 bits per heavy atom. The van der Waals surface area contributed by atoms with Crippen LogP contribution in [-0.2, 0) is 13.6 Å². The molecule has 3 aromatic rings. The fourth-order valence-corrected chi connectivity index (χ4v) is 4.51. The van der Waals surface area contributed by atoms with Crippen LogP contribution in [0.5, 0.6) is 0 Å². The minimum atomic E-state index is 0.224. The zero-order chi connectivity index (χ0) is 24.5. The van der Waals surface area contributed by atoms with Crippen LogP contribution >= 0.6 is 11.6 Å². The lowest BCUT2D eigenvalue weighted by Gasteiger charge is -2.20. The summed E-state index contributed by atoms with van der Waals surface area (Å²) in [6.45, 7) is 4.05. The van der Waals surface area contributed by atoms with Crippen molar-refractivity contribution in [3.63, 3.8) is 0 Å². The highest BCUT2D eigenvalue weighted by atomic mass is 35.5. The fraction of sp³-hybridized carbons (Fsp3) is 0.346. The second-order valence-corrected chi connectivity index (χ2v) is 9.85. The summed E-state index contributed by atoms with van der Waals surface area (Å²) < 4.78 is 1.99. The summed E-state index contributed by atoms with van der Waals surface area (Å²) in [6, 6.07) is 9.90. The van der Waals surface area contributed by atoms with Crippen molar-refractivity contribution in [3.05, 3.63) is 64.6 Å². The lowest BCUT2D eigenvalue weighted by atomic mass is 10.1. The number of nitrogen functional groups attached to an aromatic ring is 1. The molecule has 2 aromatic heterocycles. The maximum atomic E-state index is 6.66. The SMILES string of the molecule is CC1CN=C(/C(C(N)=NCC2CC2)=C(/NCc2ccnc3ccc(Cl)cc23)c2cc(N)cn2C)N1. The molecule has 1 unspecified atom stereocenters. The van der Waals surface area contributed by atoms with Gasteiger partial charge in [-0.1, -0.05) is 11.6 Å². The molecule has 5 rings (SSSR count). The zero-order valence-corrected chi connectivity index (χ0v) is 20.8. The number of aromatic nitrogens is 2. The molecule has 182 valence electrons. The van der Waals surface area contributed by atoms with Crippen LogP contribution < -0.4 is 22.1 Å². The first kappa shape index (κ1) is 23.2. The average molecular weight is 491 g/mol. The Labute approximate surface area is 210 Å². The van der Waals surface area contributed by atoms with E-state index < -0.39 is 0 Å². The summed E-state index contributed by atoms with van der Waals surface area (Å²) in [5.41, 5.74) is 18.0. The number of benzene rings is 1. The predicted octanol–water partition coefficient (Wildman–Crippen LogP) is 3.47. The summed E-state index contributed by atoms with van der Waals surface area (Å²) in [6.07, 6.45) is 6.13. The monoisotopic (exact) mass is 490 g/mol. The largest absolute Gasteiger partial charge is 0.397 e. The van der Waals surface area contributed by atoms with Crippen LogP contribution in [0.3, 0.4) is 0 Å². The molecule has 35 heavy (non-hydrogen) atoms. The van der Waals surface area contributed by atoms with Gasteiger partial charge >= 0.3 is 0 Å². The molecule has 0 saturated heterocycles. The summed E-state index contributed by atoms with van der Waals surface area (Å²) in [5, 5.41) is 8.79. The van der Waals surface area contributed by atoms with E-state index in [-0.39, 0.29) is 6.04 Å². The van der Waals surface area contributed by atoms with E-state index in [9.17, 15) is 0 Å². The first-order chi connectivity index (χ1) is 16.9. The van der Waals surface area contributed by atoms with E-state index in [4.69, 9.17) is 33.1 Å². The first-order valence-electron chi connectivity index (χ1n) is 11.9. The Hall–Kier alpha value is -3.52. The molecule has 1 aliphatic heterocycles. The van der Waals surface area contributed by atoms with E-state index in [1.54, 1.807) is 0 Å². The van der Waals surface area contributed by atoms with Crippen molar-refractivity contribution in [2.24, 2.45) is 28.7 Å². The summed E-state index contributed by atoms with van der Waals surface area (Å²) in [4.78, 5) is 14.0. The summed E-state index contributed by atoms with van der Waals surface area (Å²) >= 11 is 6.30. The number of fused-ring (bicyclic) bond motifs is 1. The maximum Gasteiger partial charge on any atom is 0.134 e. The van der Waals surface area contributed by atoms with Crippen LogP contribution in [0.1, 0.15) is 31.0 Å². The molecule has 2 aliphatic rings. The molecule has 1 fully saturated rings. The molecule has 1 saturated carbocycles. The zero-order valence-electron chi connectivity index (χ0n) is 20.1. The number of aliphatic imine (C=N–C) groups is 2. The molecule has 8 nitrogen and oxygen atoms in total. The third-order valence-corrected chi connectivity index (χ3v) is 6.63. The number of aryl methyl sites for hydroxylation is 1. The Kier molecular flexibility index (Phi) is 6.38. The van der Waals surface area contributed by atoms with Crippen molar-refractivity contribution in [1.82, 2.24) is 20.2 Å². The average Bonchev–Trinajstić information content (AvgIpc) is 3.48. The van der Waals surface area contributed by atoms with Gasteiger partial charge in [-0.05, 0) is 61.6 Å². The van der Waals surface area contributed by atoms with Gasteiger partial charge in [-0.25, -0.2) is 0 Å². The minimum absolute atomic E-state index is 0.224. The molecule has 0 amide bonds. The normalized spacial score (nSPS) is 18.9. The van der Waals surface area contributed by atoms with Gasteiger partial charge in [0.1, 0.15) is 11.7 Å². The van der Waals surface area contributed by atoms with Crippen molar-refractivity contribution in [1.29, 1.82) is 0 Å². The van der Waals surface area contributed by atoms with E-state index in [0.717, 1.165) is 45.8 Å². The molecule has 1 aliphatic carbocycles. The quantitative estimate of drug-likeness (QED) is 0.285. The first-order valence-corrected chi connectivity index (χ1v) is 12.3. The standard InChI is InChI=1S/C26H31ClN8/c1-15-11-33-26(34-15)23(25(29)32-12-16-3-4-16)24(22-10-19(28)14-35(22)2)31-13-17-7-8-30-21-6-5-18(27)9-20(17)21/h5-10,14-16,31H,3-4,11-13,28H2,1-2H3,(H2,29,32)(H,33,34)/b24-23+. The van der Waals surface area contributed by atoms with Gasteiger partial charge in [0.2, 0.25) is 0 Å². The lowest BCUT2D eigenvalue weighted by Crippen LogP contribution is -2.36. The Balaban J connectivity index is 1.60. The van der Waals surface area contributed by atoms with E-state index in [1.807, 2.05) is 54.3 Å².